The van der Waals surface area contributed by atoms with Crippen LogP contribution in [0, 0.1) is 6.92 Å². The van der Waals surface area contributed by atoms with Gasteiger partial charge in [-0.1, -0.05) is 49.6 Å². The lowest BCUT2D eigenvalue weighted by Gasteiger charge is -2.04. The quantitative estimate of drug-likeness (QED) is 0.726. The smallest absolute Gasteiger partial charge is 0.116 e. The maximum Gasteiger partial charge on any atom is 0.116 e. The first-order chi connectivity index (χ1) is 9.81. The molecule has 1 aromatic carbocycles. The Morgan fingerprint density at radius 1 is 1.05 bits per heavy atom. The van der Waals surface area contributed by atoms with E-state index in [4.69, 9.17) is 0 Å². The Morgan fingerprint density at radius 2 is 1.85 bits per heavy atom. The predicted molar refractivity (Wildman–Crippen MR) is 82.7 cm³/mol. The van der Waals surface area contributed by atoms with Crippen LogP contribution < -0.4 is 5.32 Å². The summed E-state index contributed by atoms with van der Waals surface area (Å²) in [6, 6.07) is 8.42. The van der Waals surface area contributed by atoms with Crippen molar-refractivity contribution < 1.29 is 0 Å². The number of H-pyrrole nitrogens is 1. The molecule has 0 saturated carbocycles. The highest BCUT2D eigenvalue weighted by molar-refractivity contribution is 5.61. The molecule has 0 radical (unpaired) electrons. The van der Waals surface area contributed by atoms with Gasteiger partial charge in [0, 0.05) is 18.5 Å². The van der Waals surface area contributed by atoms with E-state index in [9.17, 15) is 0 Å². The number of hydrogen-bond acceptors (Lipinski definition) is 3. The number of aryl methyl sites for hydroxylation is 1. The second kappa shape index (κ2) is 7.80. The molecule has 4 nitrogen and oxygen atoms in total. The molecular formula is C16H24N4. The molecule has 1 aromatic heterocycles. The minimum atomic E-state index is 0.909. The van der Waals surface area contributed by atoms with Crippen molar-refractivity contribution in [1.29, 1.82) is 0 Å². The highest BCUT2D eigenvalue weighted by atomic mass is 15.3. The third kappa shape index (κ3) is 4.17. The Labute approximate surface area is 121 Å². The fourth-order valence-electron chi connectivity index (χ4n) is 2.20. The lowest BCUT2D eigenvalue weighted by Crippen LogP contribution is -2.18. The normalized spacial score (nSPS) is 10.9. The molecule has 0 aliphatic heterocycles. The fraction of sp³-hybridized carbons (Fsp3) is 0.500. The minimum Gasteiger partial charge on any atom is -0.316 e. The van der Waals surface area contributed by atoms with Gasteiger partial charge in [0.05, 0.1) is 5.69 Å². The van der Waals surface area contributed by atoms with Crippen LogP contribution in [0.3, 0.4) is 0 Å². The molecule has 0 bridgehead atoms. The molecule has 1 heterocycles. The molecule has 0 saturated heterocycles. The van der Waals surface area contributed by atoms with Gasteiger partial charge in [0.15, 0.2) is 0 Å². The number of aromatic amines is 1. The number of unbranched alkanes of at least 4 members (excludes halogenated alkanes) is 2. The van der Waals surface area contributed by atoms with Gasteiger partial charge in [0.1, 0.15) is 5.69 Å². The number of hydrogen-bond donors (Lipinski definition) is 2. The van der Waals surface area contributed by atoms with Crippen molar-refractivity contribution in [2.24, 2.45) is 0 Å². The molecule has 0 unspecified atom stereocenters. The molecular weight excluding hydrogens is 248 g/mol. The third-order valence-corrected chi connectivity index (χ3v) is 3.44. The summed E-state index contributed by atoms with van der Waals surface area (Å²) in [5.41, 5.74) is 4.40. The zero-order valence-corrected chi connectivity index (χ0v) is 12.4. The fourth-order valence-corrected chi connectivity index (χ4v) is 2.20. The van der Waals surface area contributed by atoms with E-state index in [1.807, 2.05) is 0 Å². The van der Waals surface area contributed by atoms with Gasteiger partial charge in [-0.25, -0.2) is 0 Å². The number of rotatable bonds is 8. The van der Waals surface area contributed by atoms with Crippen molar-refractivity contribution in [3.05, 3.63) is 35.5 Å². The second-order valence-electron chi connectivity index (χ2n) is 5.19. The van der Waals surface area contributed by atoms with Crippen LogP contribution >= 0.6 is 0 Å². The summed E-state index contributed by atoms with van der Waals surface area (Å²) < 4.78 is 0. The minimum absolute atomic E-state index is 0.909. The first-order valence-corrected chi connectivity index (χ1v) is 7.48. The molecule has 0 atom stereocenters. The molecule has 0 spiro atoms. The lowest BCUT2D eigenvalue weighted by atomic mass is 10.1. The van der Waals surface area contributed by atoms with Crippen LogP contribution in [-0.4, -0.2) is 28.5 Å². The topological polar surface area (TPSA) is 53.6 Å². The third-order valence-electron chi connectivity index (χ3n) is 3.44. The maximum absolute atomic E-state index is 4.28. The largest absolute Gasteiger partial charge is 0.316 e. The SMILES string of the molecule is CCCCCNCCc1n[nH]nc1-c1ccc(C)cc1. The van der Waals surface area contributed by atoms with Crippen LogP contribution in [0.15, 0.2) is 24.3 Å². The number of nitrogens with one attached hydrogen (secondary N) is 2. The molecule has 2 rings (SSSR count). The molecule has 2 N–H and O–H groups in total. The van der Waals surface area contributed by atoms with E-state index in [0.717, 1.165) is 36.5 Å². The average molecular weight is 272 g/mol. The number of benzene rings is 1. The van der Waals surface area contributed by atoms with Gasteiger partial charge < -0.3 is 5.32 Å². The summed E-state index contributed by atoms with van der Waals surface area (Å²) >= 11 is 0. The first-order valence-electron chi connectivity index (χ1n) is 7.48. The lowest BCUT2D eigenvalue weighted by molar-refractivity contribution is 0.614. The molecule has 20 heavy (non-hydrogen) atoms. The first kappa shape index (κ1) is 14.7. The molecule has 0 fully saturated rings. The van der Waals surface area contributed by atoms with Gasteiger partial charge in [-0.3, -0.25) is 0 Å². The Kier molecular flexibility index (Phi) is 5.74. The van der Waals surface area contributed by atoms with Crippen molar-refractivity contribution in [3.63, 3.8) is 0 Å². The van der Waals surface area contributed by atoms with E-state index in [0.29, 0.717) is 0 Å². The van der Waals surface area contributed by atoms with Crippen LogP contribution in [0.5, 0.6) is 0 Å². The summed E-state index contributed by atoms with van der Waals surface area (Å²) in [6.45, 7) is 6.36. The highest BCUT2D eigenvalue weighted by Crippen LogP contribution is 2.20. The Bertz CT molecular complexity index is 501. The monoisotopic (exact) mass is 272 g/mol. The molecule has 0 aliphatic rings. The van der Waals surface area contributed by atoms with E-state index in [2.05, 4.69) is 58.8 Å². The summed E-state index contributed by atoms with van der Waals surface area (Å²) in [6.07, 6.45) is 4.72. The summed E-state index contributed by atoms with van der Waals surface area (Å²) in [5.74, 6) is 0. The predicted octanol–water partition coefficient (Wildman–Crippen LogP) is 3.10. The van der Waals surface area contributed by atoms with Crippen molar-refractivity contribution in [2.45, 2.75) is 39.5 Å². The van der Waals surface area contributed by atoms with E-state index >= 15 is 0 Å². The Hall–Kier alpha value is -1.68. The van der Waals surface area contributed by atoms with Gasteiger partial charge in [-0.15, -0.1) is 0 Å². The molecule has 0 aliphatic carbocycles. The van der Waals surface area contributed by atoms with Crippen molar-refractivity contribution >= 4 is 0 Å². The number of nitrogens with zero attached hydrogens (tertiary/aromatic N) is 2. The van der Waals surface area contributed by atoms with Crippen molar-refractivity contribution in [3.8, 4) is 11.3 Å². The Morgan fingerprint density at radius 3 is 2.60 bits per heavy atom. The van der Waals surface area contributed by atoms with Gasteiger partial charge in [-0.2, -0.15) is 15.4 Å². The molecule has 108 valence electrons. The van der Waals surface area contributed by atoms with Crippen LogP contribution in [0.25, 0.3) is 11.3 Å². The molecule has 2 aromatic rings. The van der Waals surface area contributed by atoms with Crippen molar-refractivity contribution in [1.82, 2.24) is 20.7 Å². The van der Waals surface area contributed by atoms with Crippen LogP contribution in [-0.2, 0) is 6.42 Å². The zero-order chi connectivity index (χ0) is 14.2. The van der Waals surface area contributed by atoms with E-state index in [-0.39, 0.29) is 0 Å². The summed E-state index contributed by atoms with van der Waals surface area (Å²) in [7, 11) is 0. The Balaban J connectivity index is 1.87. The van der Waals surface area contributed by atoms with Gasteiger partial charge in [0.25, 0.3) is 0 Å². The standard InChI is InChI=1S/C16H24N4/c1-3-4-5-11-17-12-10-15-16(19-20-18-15)14-8-6-13(2)7-9-14/h6-9,17H,3-5,10-12H2,1-2H3,(H,18,19,20). The second-order valence-corrected chi connectivity index (χ2v) is 5.19. The van der Waals surface area contributed by atoms with E-state index in [1.165, 1.54) is 24.8 Å². The zero-order valence-electron chi connectivity index (χ0n) is 12.4. The highest BCUT2D eigenvalue weighted by Gasteiger charge is 2.09. The molecule has 0 amide bonds. The van der Waals surface area contributed by atoms with Crippen LogP contribution in [0.1, 0.15) is 37.4 Å². The maximum atomic E-state index is 4.28. The molecule has 4 heteroatoms. The summed E-state index contributed by atoms with van der Waals surface area (Å²) in [5, 5.41) is 14.8. The van der Waals surface area contributed by atoms with E-state index in [1.54, 1.807) is 0 Å². The number of aromatic nitrogens is 3. The van der Waals surface area contributed by atoms with Gasteiger partial charge >= 0.3 is 0 Å². The van der Waals surface area contributed by atoms with Gasteiger partial charge in [-0.05, 0) is 19.9 Å². The van der Waals surface area contributed by atoms with E-state index < -0.39 is 0 Å². The van der Waals surface area contributed by atoms with Crippen molar-refractivity contribution in [2.75, 3.05) is 13.1 Å². The average Bonchev–Trinajstić information content (AvgIpc) is 2.92. The van der Waals surface area contributed by atoms with Crippen LogP contribution in [0.4, 0.5) is 0 Å². The van der Waals surface area contributed by atoms with Crippen LogP contribution in [0.2, 0.25) is 0 Å². The van der Waals surface area contributed by atoms with Gasteiger partial charge in [0.2, 0.25) is 0 Å². The summed E-state index contributed by atoms with van der Waals surface area (Å²) in [4.78, 5) is 0.